The molecule has 0 aliphatic carbocycles. The van der Waals surface area contributed by atoms with Crippen molar-refractivity contribution in [3.63, 3.8) is 0 Å². The normalized spacial score (nSPS) is 10.6. The summed E-state index contributed by atoms with van der Waals surface area (Å²) in [5.41, 5.74) is 0.973. The van der Waals surface area contributed by atoms with E-state index in [1.807, 2.05) is 19.2 Å². The summed E-state index contributed by atoms with van der Waals surface area (Å²) in [5, 5.41) is 11.0. The van der Waals surface area contributed by atoms with Crippen molar-refractivity contribution in [2.75, 3.05) is 6.54 Å². The molecule has 0 bridgehead atoms. The molecule has 0 aromatic carbocycles. The molecule has 0 fully saturated rings. The molecule has 1 amide bonds. The van der Waals surface area contributed by atoms with E-state index in [1.165, 1.54) is 0 Å². The van der Waals surface area contributed by atoms with Crippen molar-refractivity contribution in [3.05, 3.63) is 34.8 Å². The zero-order valence-corrected chi connectivity index (χ0v) is 11.6. The molecule has 0 saturated carbocycles. The van der Waals surface area contributed by atoms with Crippen LogP contribution in [-0.2, 0) is 17.9 Å². The zero-order chi connectivity index (χ0) is 13.0. The van der Waals surface area contributed by atoms with Crippen molar-refractivity contribution in [1.82, 2.24) is 24.9 Å². The Labute approximate surface area is 113 Å². The summed E-state index contributed by atoms with van der Waals surface area (Å²) in [7, 11) is 0. The summed E-state index contributed by atoms with van der Waals surface area (Å²) in [4.78, 5) is 11.6. The third kappa shape index (κ3) is 3.43. The molecule has 0 atom stereocenters. The fraction of sp³-hybridized carbons (Fsp3) is 0.364. The number of amides is 1. The van der Waals surface area contributed by atoms with Crippen LogP contribution in [0.15, 0.2) is 29.1 Å². The molecule has 2 aromatic rings. The monoisotopic (exact) mass is 311 g/mol. The number of aryl methyl sites for hydroxylation is 1. The lowest BCUT2D eigenvalue weighted by Gasteiger charge is -2.06. The Morgan fingerprint density at radius 2 is 2.33 bits per heavy atom. The maximum Gasteiger partial charge on any atom is 0.241 e. The molecule has 0 radical (unpaired) electrons. The van der Waals surface area contributed by atoms with E-state index in [0.29, 0.717) is 13.1 Å². The van der Waals surface area contributed by atoms with Gasteiger partial charge < -0.3 is 5.32 Å². The highest BCUT2D eigenvalue weighted by Gasteiger charge is 2.04. The molecule has 2 heterocycles. The third-order valence-electron chi connectivity index (χ3n) is 2.49. The number of nitrogens with one attached hydrogen (secondary N) is 1. The van der Waals surface area contributed by atoms with Crippen LogP contribution < -0.4 is 5.32 Å². The molecule has 6 nitrogen and oxygen atoms in total. The second-order valence-corrected chi connectivity index (χ2v) is 4.82. The summed E-state index contributed by atoms with van der Waals surface area (Å²) in [6, 6.07) is 1.87. The van der Waals surface area contributed by atoms with Gasteiger partial charge in [-0.2, -0.15) is 10.2 Å². The number of halogens is 1. The van der Waals surface area contributed by atoms with Gasteiger partial charge in [0.1, 0.15) is 6.54 Å². The van der Waals surface area contributed by atoms with Crippen molar-refractivity contribution in [2.45, 2.75) is 20.0 Å². The van der Waals surface area contributed by atoms with Gasteiger partial charge in [0.25, 0.3) is 0 Å². The van der Waals surface area contributed by atoms with Crippen LogP contribution in [-0.4, -0.2) is 32.0 Å². The molecule has 2 aromatic heterocycles. The molecule has 0 unspecified atom stereocenters. The standard InChI is InChI=1S/C11H14BrN5O/c1-9-2-3-14-17(9)8-11(18)13-4-5-16-7-10(12)6-15-16/h2-3,6-7H,4-5,8H2,1H3,(H,13,18). The molecular weight excluding hydrogens is 298 g/mol. The minimum absolute atomic E-state index is 0.0481. The van der Waals surface area contributed by atoms with E-state index in [0.717, 1.165) is 10.2 Å². The summed E-state index contributed by atoms with van der Waals surface area (Å²) in [6.45, 7) is 3.37. The van der Waals surface area contributed by atoms with Crippen LogP contribution in [0.2, 0.25) is 0 Å². The van der Waals surface area contributed by atoms with Gasteiger partial charge in [0, 0.05) is 24.6 Å². The fourth-order valence-electron chi connectivity index (χ4n) is 1.53. The van der Waals surface area contributed by atoms with Gasteiger partial charge in [-0.1, -0.05) is 0 Å². The number of hydrogen-bond donors (Lipinski definition) is 1. The van der Waals surface area contributed by atoms with Gasteiger partial charge in [0.05, 0.1) is 17.2 Å². The maximum absolute atomic E-state index is 11.6. The van der Waals surface area contributed by atoms with Crippen molar-refractivity contribution >= 4 is 21.8 Å². The van der Waals surface area contributed by atoms with E-state index >= 15 is 0 Å². The largest absolute Gasteiger partial charge is 0.353 e. The lowest BCUT2D eigenvalue weighted by Crippen LogP contribution is -2.31. The summed E-state index contributed by atoms with van der Waals surface area (Å²) >= 11 is 3.32. The van der Waals surface area contributed by atoms with Crippen LogP contribution in [0.25, 0.3) is 0 Å². The molecule has 7 heteroatoms. The molecule has 18 heavy (non-hydrogen) atoms. The van der Waals surface area contributed by atoms with Crippen molar-refractivity contribution < 1.29 is 4.79 Å². The highest BCUT2D eigenvalue weighted by Crippen LogP contribution is 2.05. The predicted octanol–water partition coefficient (Wildman–Crippen LogP) is 0.967. The van der Waals surface area contributed by atoms with Crippen molar-refractivity contribution in [3.8, 4) is 0 Å². The Hall–Kier alpha value is -1.63. The quantitative estimate of drug-likeness (QED) is 0.894. The van der Waals surface area contributed by atoms with Gasteiger partial charge in [0.2, 0.25) is 5.91 Å². The van der Waals surface area contributed by atoms with Gasteiger partial charge in [-0.3, -0.25) is 14.2 Å². The Kier molecular flexibility index (Phi) is 4.14. The lowest BCUT2D eigenvalue weighted by atomic mass is 10.4. The van der Waals surface area contributed by atoms with E-state index in [2.05, 4.69) is 31.4 Å². The highest BCUT2D eigenvalue weighted by atomic mass is 79.9. The number of aromatic nitrogens is 4. The smallest absolute Gasteiger partial charge is 0.241 e. The molecule has 1 N–H and O–H groups in total. The van der Waals surface area contributed by atoms with Gasteiger partial charge in [-0.15, -0.1) is 0 Å². The summed E-state index contributed by atoms with van der Waals surface area (Å²) < 4.78 is 4.37. The van der Waals surface area contributed by atoms with E-state index in [4.69, 9.17) is 0 Å². The first kappa shape index (κ1) is 12.8. The minimum atomic E-state index is -0.0481. The number of nitrogens with zero attached hydrogens (tertiary/aromatic N) is 4. The van der Waals surface area contributed by atoms with Crippen LogP contribution in [0.1, 0.15) is 5.69 Å². The average molecular weight is 312 g/mol. The number of carbonyl (C=O) groups excluding carboxylic acids is 1. The first-order valence-electron chi connectivity index (χ1n) is 5.58. The number of carbonyl (C=O) groups is 1. The first-order chi connectivity index (χ1) is 8.65. The summed E-state index contributed by atoms with van der Waals surface area (Å²) in [5.74, 6) is -0.0481. The molecular formula is C11H14BrN5O. The lowest BCUT2D eigenvalue weighted by molar-refractivity contribution is -0.121. The van der Waals surface area contributed by atoms with E-state index in [9.17, 15) is 4.79 Å². The SMILES string of the molecule is Cc1ccnn1CC(=O)NCCn1cc(Br)cn1. The molecule has 0 aliphatic rings. The van der Waals surface area contributed by atoms with E-state index < -0.39 is 0 Å². The molecule has 0 aliphatic heterocycles. The third-order valence-corrected chi connectivity index (χ3v) is 2.90. The zero-order valence-electron chi connectivity index (χ0n) is 10.0. The second-order valence-electron chi connectivity index (χ2n) is 3.90. The topological polar surface area (TPSA) is 64.7 Å². The molecule has 2 rings (SSSR count). The van der Waals surface area contributed by atoms with Crippen LogP contribution in [0.5, 0.6) is 0 Å². The Bertz CT molecular complexity index is 533. The van der Waals surface area contributed by atoms with E-state index in [1.54, 1.807) is 21.8 Å². The highest BCUT2D eigenvalue weighted by molar-refractivity contribution is 9.10. The number of hydrogen-bond acceptors (Lipinski definition) is 3. The molecule has 0 saturated heterocycles. The van der Waals surface area contributed by atoms with Crippen molar-refractivity contribution in [2.24, 2.45) is 0 Å². The van der Waals surface area contributed by atoms with Crippen LogP contribution in [0, 0.1) is 6.92 Å². The minimum Gasteiger partial charge on any atom is -0.353 e. The fourth-order valence-corrected chi connectivity index (χ4v) is 1.85. The maximum atomic E-state index is 11.6. The van der Waals surface area contributed by atoms with Crippen LogP contribution >= 0.6 is 15.9 Å². The number of rotatable bonds is 5. The summed E-state index contributed by atoms with van der Waals surface area (Å²) in [6.07, 6.45) is 5.27. The Morgan fingerprint density at radius 3 is 2.94 bits per heavy atom. The second kappa shape index (κ2) is 5.81. The first-order valence-corrected chi connectivity index (χ1v) is 6.37. The van der Waals surface area contributed by atoms with Gasteiger partial charge >= 0.3 is 0 Å². The Balaban J connectivity index is 1.74. The van der Waals surface area contributed by atoms with Crippen LogP contribution in [0.3, 0.4) is 0 Å². The van der Waals surface area contributed by atoms with Crippen LogP contribution in [0.4, 0.5) is 0 Å². The van der Waals surface area contributed by atoms with E-state index in [-0.39, 0.29) is 12.5 Å². The molecule has 96 valence electrons. The van der Waals surface area contributed by atoms with Crippen molar-refractivity contribution in [1.29, 1.82) is 0 Å². The van der Waals surface area contributed by atoms with Gasteiger partial charge in [-0.25, -0.2) is 0 Å². The van der Waals surface area contributed by atoms with Gasteiger partial charge in [0.15, 0.2) is 0 Å². The average Bonchev–Trinajstić information content (AvgIpc) is 2.89. The van der Waals surface area contributed by atoms with Gasteiger partial charge in [-0.05, 0) is 28.9 Å². The Morgan fingerprint density at radius 1 is 1.50 bits per heavy atom. The predicted molar refractivity (Wildman–Crippen MR) is 69.9 cm³/mol. The molecule has 0 spiro atoms.